The van der Waals surface area contributed by atoms with E-state index in [2.05, 4.69) is 55.2 Å². The van der Waals surface area contributed by atoms with Crippen LogP contribution in [0.4, 0.5) is 11.6 Å². The minimum absolute atomic E-state index is 0.421. The van der Waals surface area contributed by atoms with Gasteiger partial charge in [0, 0.05) is 18.2 Å². The maximum Gasteiger partial charge on any atom is 0.134 e. The van der Waals surface area contributed by atoms with Crippen LogP contribution in [0.15, 0.2) is 6.33 Å². The minimum atomic E-state index is 0.421. The van der Waals surface area contributed by atoms with Crippen molar-refractivity contribution < 1.29 is 0 Å². The van der Waals surface area contributed by atoms with Crippen LogP contribution in [0, 0.1) is 5.92 Å². The molecule has 114 valence electrons. The van der Waals surface area contributed by atoms with Crippen molar-refractivity contribution in [3.63, 3.8) is 0 Å². The standard InChI is InChI=1S/C16H30N4/c1-6-9-14-15(17-10-7-2)18-11-19-16(14)20-13(5)12(4)8-3/h11-13H,6-10H2,1-5H3,(H2,17,18,19,20). The molecular weight excluding hydrogens is 248 g/mol. The monoisotopic (exact) mass is 278 g/mol. The molecule has 20 heavy (non-hydrogen) atoms. The summed E-state index contributed by atoms with van der Waals surface area (Å²) in [6.45, 7) is 12.0. The summed E-state index contributed by atoms with van der Waals surface area (Å²) < 4.78 is 0. The van der Waals surface area contributed by atoms with Gasteiger partial charge in [-0.1, -0.05) is 40.5 Å². The lowest BCUT2D eigenvalue weighted by molar-refractivity contribution is 0.493. The highest BCUT2D eigenvalue weighted by atomic mass is 15.1. The molecule has 0 fully saturated rings. The molecule has 0 aromatic carbocycles. The van der Waals surface area contributed by atoms with Gasteiger partial charge < -0.3 is 10.6 Å². The summed E-state index contributed by atoms with van der Waals surface area (Å²) in [7, 11) is 0. The van der Waals surface area contributed by atoms with Crippen LogP contribution >= 0.6 is 0 Å². The first-order valence-corrected chi connectivity index (χ1v) is 7.98. The first-order valence-electron chi connectivity index (χ1n) is 7.98. The zero-order chi connectivity index (χ0) is 15.0. The summed E-state index contributed by atoms with van der Waals surface area (Å²) in [5.41, 5.74) is 1.22. The fourth-order valence-corrected chi connectivity index (χ4v) is 2.13. The van der Waals surface area contributed by atoms with E-state index in [4.69, 9.17) is 0 Å². The molecule has 0 spiro atoms. The number of rotatable bonds is 9. The van der Waals surface area contributed by atoms with E-state index in [0.29, 0.717) is 12.0 Å². The highest BCUT2D eigenvalue weighted by Crippen LogP contribution is 2.23. The summed E-state index contributed by atoms with van der Waals surface area (Å²) in [5.74, 6) is 2.61. The van der Waals surface area contributed by atoms with Crippen LogP contribution in [0.25, 0.3) is 0 Å². The Morgan fingerprint density at radius 3 is 2.35 bits per heavy atom. The van der Waals surface area contributed by atoms with Crippen molar-refractivity contribution >= 4 is 11.6 Å². The Hall–Kier alpha value is -1.32. The maximum absolute atomic E-state index is 4.46. The third kappa shape index (κ3) is 4.66. The highest BCUT2D eigenvalue weighted by Gasteiger charge is 2.15. The lowest BCUT2D eigenvalue weighted by atomic mass is 10.0. The van der Waals surface area contributed by atoms with Crippen molar-refractivity contribution in [1.82, 2.24) is 9.97 Å². The second kappa shape index (κ2) is 8.77. The van der Waals surface area contributed by atoms with E-state index in [1.807, 2.05) is 0 Å². The van der Waals surface area contributed by atoms with Crippen LogP contribution < -0.4 is 10.6 Å². The number of aromatic nitrogens is 2. The average molecular weight is 278 g/mol. The zero-order valence-electron chi connectivity index (χ0n) is 13.7. The number of hydrogen-bond acceptors (Lipinski definition) is 4. The molecule has 0 amide bonds. The second-order valence-corrected chi connectivity index (χ2v) is 5.54. The van der Waals surface area contributed by atoms with Gasteiger partial charge in [-0.25, -0.2) is 9.97 Å². The van der Waals surface area contributed by atoms with E-state index in [9.17, 15) is 0 Å². The number of anilines is 2. The lowest BCUT2D eigenvalue weighted by Crippen LogP contribution is -2.25. The van der Waals surface area contributed by atoms with Crippen LogP contribution in [-0.4, -0.2) is 22.6 Å². The SMILES string of the molecule is CCCNc1ncnc(NC(C)C(C)CC)c1CCC. The van der Waals surface area contributed by atoms with Gasteiger partial charge in [-0.3, -0.25) is 0 Å². The van der Waals surface area contributed by atoms with Gasteiger partial charge in [-0.05, 0) is 25.7 Å². The predicted molar refractivity (Wildman–Crippen MR) is 87.3 cm³/mol. The molecule has 1 heterocycles. The van der Waals surface area contributed by atoms with Crippen LogP contribution in [0.1, 0.15) is 59.4 Å². The highest BCUT2D eigenvalue weighted by molar-refractivity contribution is 5.57. The minimum Gasteiger partial charge on any atom is -0.370 e. The zero-order valence-corrected chi connectivity index (χ0v) is 13.7. The van der Waals surface area contributed by atoms with E-state index in [0.717, 1.165) is 37.4 Å². The van der Waals surface area contributed by atoms with Gasteiger partial charge in [-0.15, -0.1) is 0 Å². The Balaban J connectivity index is 2.93. The molecule has 4 nitrogen and oxygen atoms in total. The number of hydrogen-bond donors (Lipinski definition) is 2. The van der Waals surface area contributed by atoms with Crippen molar-refractivity contribution in [2.75, 3.05) is 17.2 Å². The molecule has 1 aromatic rings. The summed E-state index contributed by atoms with van der Waals surface area (Å²) in [6.07, 6.45) is 6.02. The summed E-state index contributed by atoms with van der Waals surface area (Å²) >= 11 is 0. The van der Waals surface area contributed by atoms with Crippen LogP contribution in [0.3, 0.4) is 0 Å². The van der Waals surface area contributed by atoms with Crippen LogP contribution in [0.2, 0.25) is 0 Å². The second-order valence-electron chi connectivity index (χ2n) is 5.54. The topological polar surface area (TPSA) is 49.8 Å². The molecule has 0 saturated carbocycles. The van der Waals surface area contributed by atoms with Gasteiger partial charge in [0.25, 0.3) is 0 Å². The first-order chi connectivity index (χ1) is 9.63. The van der Waals surface area contributed by atoms with Gasteiger partial charge in [-0.2, -0.15) is 0 Å². The van der Waals surface area contributed by atoms with Crippen LogP contribution in [0.5, 0.6) is 0 Å². The summed E-state index contributed by atoms with van der Waals surface area (Å²) in [6, 6.07) is 0.421. The van der Waals surface area contributed by atoms with Crippen molar-refractivity contribution in [2.45, 2.75) is 66.3 Å². The number of nitrogens with zero attached hydrogens (tertiary/aromatic N) is 2. The number of nitrogens with one attached hydrogen (secondary N) is 2. The smallest absolute Gasteiger partial charge is 0.134 e. The third-order valence-electron chi connectivity index (χ3n) is 3.85. The van der Waals surface area contributed by atoms with E-state index in [1.54, 1.807) is 6.33 Å². The van der Waals surface area contributed by atoms with Gasteiger partial charge in [0.15, 0.2) is 0 Å². The summed E-state index contributed by atoms with van der Waals surface area (Å²) in [5, 5.41) is 6.99. The van der Waals surface area contributed by atoms with Crippen molar-refractivity contribution in [2.24, 2.45) is 5.92 Å². The Bertz CT molecular complexity index is 392. The van der Waals surface area contributed by atoms with Gasteiger partial charge >= 0.3 is 0 Å². The van der Waals surface area contributed by atoms with E-state index >= 15 is 0 Å². The van der Waals surface area contributed by atoms with Crippen molar-refractivity contribution in [3.05, 3.63) is 11.9 Å². The van der Waals surface area contributed by atoms with E-state index in [1.165, 1.54) is 12.0 Å². The first kappa shape index (κ1) is 16.7. The molecule has 0 aliphatic heterocycles. The molecule has 2 atom stereocenters. The molecule has 0 bridgehead atoms. The molecule has 0 aliphatic rings. The van der Waals surface area contributed by atoms with E-state index in [-0.39, 0.29) is 0 Å². The predicted octanol–water partition coefficient (Wildman–Crippen LogP) is 4.10. The van der Waals surface area contributed by atoms with Crippen molar-refractivity contribution in [1.29, 1.82) is 0 Å². The molecular formula is C16H30N4. The quantitative estimate of drug-likeness (QED) is 0.714. The van der Waals surface area contributed by atoms with Gasteiger partial charge in [0.2, 0.25) is 0 Å². The summed E-state index contributed by atoms with van der Waals surface area (Å²) in [4.78, 5) is 8.87. The largest absolute Gasteiger partial charge is 0.370 e. The fraction of sp³-hybridized carbons (Fsp3) is 0.750. The maximum atomic E-state index is 4.46. The molecule has 1 rings (SSSR count). The Morgan fingerprint density at radius 1 is 1.05 bits per heavy atom. The fourth-order valence-electron chi connectivity index (χ4n) is 2.13. The van der Waals surface area contributed by atoms with Crippen molar-refractivity contribution in [3.8, 4) is 0 Å². The lowest BCUT2D eigenvalue weighted by Gasteiger charge is -2.23. The molecule has 2 N–H and O–H groups in total. The Labute approximate surface area is 123 Å². The Kier molecular flexibility index (Phi) is 7.34. The molecule has 4 heteroatoms. The van der Waals surface area contributed by atoms with Gasteiger partial charge in [0.05, 0.1) is 0 Å². The third-order valence-corrected chi connectivity index (χ3v) is 3.85. The van der Waals surface area contributed by atoms with E-state index < -0.39 is 0 Å². The molecule has 0 aliphatic carbocycles. The Morgan fingerprint density at radius 2 is 1.75 bits per heavy atom. The molecule has 0 radical (unpaired) electrons. The average Bonchev–Trinajstić information content (AvgIpc) is 2.46. The normalized spacial score (nSPS) is 13.8. The van der Waals surface area contributed by atoms with Crippen LogP contribution in [-0.2, 0) is 6.42 Å². The molecule has 0 saturated heterocycles. The molecule has 2 unspecified atom stereocenters. The molecule has 1 aromatic heterocycles. The van der Waals surface area contributed by atoms with Gasteiger partial charge in [0.1, 0.15) is 18.0 Å².